The number of nitrogens with zero attached hydrogens (tertiary/aromatic N) is 2. The fraction of sp³-hybridized carbons (Fsp3) is 0.333. The first-order valence-corrected chi connectivity index (χ1v) is 11.9. The zero-order valence-electron chi connectivity index (χ0n) is 19.2. The molecule has 0 spiro atoms. The van der Waals surface area contributed by atoms with Crippen molar-refractivity contribution in [1.82, 2.24) is 4.90 Å². The summed E-state index contributed by atoms with van der Waals surface area (Å²) in [6.07, 6.45) is 4.38. The van der Waals surface area contributed by atoms with Gasteiger partial charge in [-0.05, 0) is 43.9 Å². The molecule has 8 heteroatoms. The van der Waals surface area contributed by atoms with Gasteiger partial charge in [0.05, 0.1) is 22.8 Å². The number of imide groups is 1. The van der Waals surface area contributed by atoms with Crippen LogP contribution in [0.15, 0.2) is 52.0 Å². The Morgan fingerprint density at radius 2 is 1.80 bits per heavy atom. The number of carboxylic acid groups (broad SMARTS) is 1. The Kier molecular flexibility index (Phi) is 6.11. The van der Waals surface area contributed by atoms with E-state index in [0.717, 1.165) is 36.0 Å². The van der Waals surface area contributed by atoms with Crippen molar-refractivity contribution in [2.75, 3.05) is 6.54 Å². The van der Waals surface area contributed by atoms with Gasteiger partial charge in [-0.15, -0.1) is 0 Å². The standard InChI is InChI=1S/C27H26N2O6/c30-25-20-7-1-2-8-21(20)26(31)29(25)13-4-3-6-17(27(32)33)14-22(28-34)16-11-12-19-18-9-5-10-23(18)35-24(19)15-16/h1-2,7-8,11-12,15,17,34H,3-6,9-10,13-14H2,(H,32,33)/t17-/m0/s1. The van der Waals surface area contributed by atoms with Gasteiger partial charge in [-0.3, -0.25) is 19.3 Å². The molecule has 2 amide bonds. The molecule has 0 bridgehead atoms. The van der Waals surface area contributed by atoms with E-state index < -0.39 is 11.9 Å². The third kappa shape index (κ3) is 4.20. The summed E-state index contributed by atoms with van der Waals surface area (Å²) in [6.45, 7) is 0.236. The van der Waals surface area contributed by atoms with Gasteiger partial charge in [0.25, 0.3) is 11.8 Å². The summed E-state index contributed by atoms with van der Waals surface area (Å²) < 4.78 is 5.95. The second-order valence-electron chi connectivity index (χ2n) is 9.16. The Hall–Kier alpha value is -3.94. The van der Waals surface area contributed by atoms with Crippen LogP contribution in [0.4, 0.5) is 0 Å². The fourth-order valence-electron chi connectivity index (χ4n) is 5.15. The number of fused-ring (bicyclic) bond motifs is 4. The van der Waals surface area contributed by atoms with Gasteiger partial charge in [-0.25, -0.2) is 0 Å². The van der Waals surface area contributed by atoms with E-state index in [1.54, 1.807) is 24.3 Å². The lowest BCUT2D eigenvalue weighted by Crippen LogP contribution is -2.30. The number of rotatable bonds is 9. The number of aryl methyl sites for hydroxylation is 2. The van der Waals surface area contributed by atoms with Crippen LogP contribution in [0, 0.1) is 5.92 Å². The number of benzene rings is 2. The van der Waals surface area contributed by atoms with E-state index >= 15 is 0 Å². The summed E-state index contributed by atoms with van der Waals surface area (Å²) in [7, 11) is 0. The van der Waals surface area contributed by atoms with E-state index in [4.69, 9.17) is 4.42 Å². The van der Waals surface area contributed by atoms with Gasteiger partial charge in [0.2, 0.25) is 0 Å². The molecule has 3 aromatic rings. The molecule has 5 rings (SSSR count). The predicted molar refractivity (Wildman–Crippen MR) is 128 cm³/mol. The van der Waals surface area contributed by atoms with E-state index in [9.17, 15) is 24.7 Å². The van der Waals surface area contributed by atoms with E-state index in [1.807, 2.05) is 18.2 Å². The molecule has 1 aliphatic carbocycles. The van der Waals surface area contributed by atoms with Crippen LogP contribution in [-0.4, -0.2) is 45.3 Å². The molecule has 2 aromatic carbocycles. The highest BCUT2D eigenvalue weighted by atomic mass is 16.4. The van der Waals surface area contributed by atoms with Crippen LogP contribution in [0.1, 0.15) is 69.7 Å². The summed E-state index contributed by atoms with van der Waals surface area (Å²) >= 11 is 0. The van der Waals surface area contributed by atoms with Crippen molar-refractivity contribution in [3.05, 3.63) is 70.5 Å². The Bertz CT molecular complexity index is 1320. The minimum atomic E-state index is -0.982. The molecule has 0 unspecified atom stereocenters. The Labute approximate surface area is 201 Å². The smallest absolute Gasteiger partial charge is 0.306 e. The highest BCUT2D eigenvalue weighted by Gasteiger charge is 2.34. The second kappa shape index (κ2) is 9.37. The van der Waals surface area contributed by atoms with Crippen molar-refractivity contribution < 1.29 is 29.1 Å². The van der Waals surface area contributed by atoms with E-state index in [1.165, 1.54) is 10.5 Å². The van der Waals surface area contributed by atoms with Crippen molar-refractivity contribution in [3.63, 3.8) is 0 Å². The number of oxime groups is 1. The SMILES string of the molecule is O=C(O)[C@@H](CCCCN1C(=O)c2ccccc2C1=O)CC(=NO)c1ccc2c3c(oc2c1)CCC3. The Balaban J connectivity index is 1.20. The second-order valence-corrected chi connectivity index (χ2v) is 9.16. The Morgan fingerprint density at radius 1 is 1.06 bits per heavy atom. The molecule has 2 heterocycles. The highest BCUT2D eigenvalue weighted by Crippen LogP contribution is 2.33. The van der Waals surface area contributed by atoms with Gasteiger partial charge >= 0.3 is 5.97 Å². The topological polar surface area (TPSA) is 120 Å². The molecule has 0 saturated carbocycles. The van der Waals surface area contributed by atoms with Crippen molar-refractivity contribution in [1.29, 1.82) is 0 Å². The van der Waals surface area contributed by atoms with Gasteiger partial charge in [-0.1, -0.05) is 35.8 Å². The lowest BCUT2D eigenvalue weighted by molar-refractivity contribution is -0.141. The number of furan rings is 1. The first-order chi connectivity index (χ1) is 17.0. The minimum absolute atomic E-state index is 0.0603. The maximum Gasteiger partial charge on any atom is 0.306 e. The number of carboxylic acids is 1. The first-order valence-electron chi connectivity index (χ1n) is 11.9. The minimum Gasteiger partial charge on any atom is -0.481 e. The van der Waals surface area contributed by atoms with E-state index in [2.05, 4.69) is 5.16 Å². The molecule has 35 heavy (non-hydrogen) atoms. The van der Waals surface area contributed by atoms with Gasteiger partial charge in [-0.2, -0.15) is 0 Å². The predicted octanol–water partition coefficient (Wildman–Crippen LogP) is 4.66. The third-order valence-corrected chi connectivity index (χ3v) is 7.01. The molecule has 8 nitrogen and oxygen atoms in total. The van der Waals surface area contributed by atoms with Crippen LogP contribution < -0.4 is 0 Å². The van der Waals surface area contributed by atoms with Gasteiger partial charge in [0.1, 0.15) is 11.3 Å². The molecule has 0 fully saturated rings. The van der Waals surface area contributed by atoms with Crippen molar-refractivity contribution >= 4 is 34.5 Å². The molecule has 2 N–H and O–H groups in total. The van der Waals surface area contributed by atoms with Crippen LogP contribution in [-0.2, 0) is 17.6 Å². The quantitative estimate of drug-likeness (QED) is 0.153. The zero-order valence-corrected chi connectivity index (χ0v) is 19.2. The average molecular weight is 475 g/mol. The highest BCUT2D eigenvalue weighted by molar-refractivity contribution is 6.21. The summed E-state index contributed by atoms with van der Waals surface area (Å²) in [5, 5.41) is 23.9. The molecule has 1 aromatic heterocycles. The van der Waals surface area contributed by atoms with Crippen LogP contribution in [0.3, 0.4) is 0 Å². The van der Waals surface area contributed by atoms with E-state index in [0.29, 0.717) is 36.0 Å². The lowest BCUT2D eigenvalue weighted by atomic mass is 9.92. The molecule has 1 aliphatic heterocycles. The summed E-state index contributed by atoms with van der Waals surface area (Å²) in [5.74, 6) is -1.37. The molecule has 1 atom stereocenters. The normalized spacial score (nSPS) is 16.1. The summed E-state index contributed by atoms with van der Waals surface area (Å²) in [6, 6.07) is 12.3. The van der Waals surface area contributed by atoms with Gasteiger partial charge in [0, 0.05) is 35.9 Å². The lowest BCUT2D eigenvalue weighted by Gasteiger charge is -2.16. The molecule has 180 valence electrons. The summed E-state index contributed by atoms with van der Waals surface area (Å²) in [5.41, 5.74) is 3.68. The number of hydrogen-bond acceptors (Lipinski definition) is 6. The number of amides is 2. The molecule has 2 aliphatic rings. The zero-order chi connectivity index (χ0) is 24.5. The number of hydrogen-bond donors (Lipinski definition) is 2. The van der Waals surface area contributed by atoms with Gasteiger partial charge < -0.3 is 14.7 Å². The van der Waals surface area contributed by atoms with Crippen LogP contribution >= 0.6 is 0 Å². The molecular formula is C27H26N2O6. The van der Waals surface area contributed by atoms with Crippen LogP contribution in [0.2, 0.25) is 0 Å². The largest absolute Gasteiger partial charge is 0.481 e. The number of unbranched alkanes of at least 4 members (excludes halogenated alkanes) is 1. The monoisotopic (exact) mass is 474 g/mol. The number of carbonyl (C=O) groups is 3. The Morgan fingerprint density at radius 3 is 2.49 bits per heavy atom. The number of aliphatic carboxylic acids is 1. The maximum atomic E-state index is 12.5. The average Bonchev–Trinajstić information content (AvgIpc) is 3.52. The van der Waals surface area contributed by atoms with Crippen LogP contribution in [0.5, 0.6) is 0 Å². The maximum absolute atomic E-state index is 12.5. The first kappa shape index (κ1) is 22.8. The van der Waals surface area contributed by atoms with Gasteiger partial charge in [0.15, 0.2) is 0 Å². The third-order valence-electron chi connectivity index (χ3n) is 7.01. The fourth-order valence-corrected chi connectivity index (χ4v) is 5.15. The number of carbonyl (C=O) groups excluding carboxylic acids is 2. The molecular weight excluding hydrogens is 448 g/mol. The van der Waals surface area contributed by atoms with Crippen molar-refractivity contribution in [2.45, 2.75) is 44.9 Å². The molecule has 0 saturated heterocycles. The van der Waals surface area contributed by atoms with Crippen molar-refractivity contribution in [2.24, 2.45) is 11.1 Å². The van der Waals surface area contributed by atoms with Crippen molar-refractivity contribution in [3.8, 4) is 0 Å². The van der Waals surface area contributed by atoms with Crippen LogP contribution in [0.25, 0.3) is 11.0 Å². The molecule has 0 radical (unpaired) electrons. The van der Waals surface area contributed by atoms with E-state index in [-0.39, 0.29) is 30.5 Å². The summed E-state index contributed by atoms with van der Waals surface area (Å²) in [4.78, 5) is 38.1.